The maximum Gasteiger partial charge on any atom is 0.244 e. The van der Waals surface area contributed by atoms with Crippen LogP contribution in [-0.4, -0.2) is 8.42 Å². The first-order valence-electron chi connectivity index (χ1n) is 5.29. The minimum atomic E-state index is -3.84. The van der Waals surface area contributed by atoms with E-state index in [2.05, 4.69) is 4.72 Å². The Hall–Kier alpha value is -1.24. The highest BCUT2D eigenvalue weighted by molar-refractivity contribution is 7.89. The molecule has 0 radical (unpaired) electrons. The van der Waals surface area contributed by atoms with Crippen LogP contribution in [0.15, 0.2) is 46.0 Å². The third-order valence-electron chi connectivity index (χ3n) is 2.50. The summed E-state index contributed by atoms with van der Waals surface area (Å²) in [5, 5.41) is 3.72. The second-order valence-corrected chi connectivity index (χ2v) is 6.29. The van der Waals surface area contributed by atoms with Crippen molar-refractivity contribution in [1.29, 1.82) is 0 Å². The highest BCUT2D eigenvalue weighted by atomic mass is 32.2. The number of rotatable bonds is 4. The van der Waals surface area contributed by atoms with Gasteiger partial charge in [-0.2, -0.15) is 11.3 Å². The summed E-state index contributed by atoms with van der Waals surface area (Å²) in [6, 6.07) is 6.77. The van der Waals surface area contributed by atoms with Crippen molar-refractivity contribution in [3.8, 4) is 0 Å². The molecule has 1 heterocycles. The predicted molar refractivity (Wildman–Crippen MR) is 69.5 cm³/mol. The molecule has 0 saturated carbocycles. The Morgan fingerprint density at radius 3 is 2.61 bits per heavy atom. The first kappa shape index (κ1) is 13.2. The normalized spacial score (nSPS) is 13.4. The maximum atomic E-state index is 13.5. The molecule has 18 heavy (non-hydrogen) atoms. The zero-order valence-corrected chi connectivity index (χ0v) is 11.3. The second kappa shape index (κ2) is 5.17. The maximum absolute atomic E-state index is 13.5. The summed E-state index contributed by atoms with van der Waals surface area (Å²) in [6.45, 7) is 1.72. The molecule has 1 N–H and O–H groups in total. The minimum absolute atomic E-state index is 0.327. The molecule has 0 aliphatic carbocycles. The van der Waals surface area contributed by atoms with Gasteiger partial charge in [0.1, 0.15) is 10.7 Å². The fourth-order valence-corrected chi connectivity index (χ4v) is 3.61. The average Bonchev–Trinajstić information content (AvgIpc) is 2.82. The van der Waals surface area contributed by atoms with E-state index in [0.717, 1.165) is 11.6 Å². The molecule has 1 aromatic carbocycles. The average molecular weight is 285 g/mol. The highest BCUT2D eigenvalue weighted by Gasteiger charge is 2.21. The Balaban J connectivity index is 2.26. The summed E-state index contributed by atoms with van der Waals surface area (Å²) >= 11 is 1.48. The van der Waals surface area contributed by atoms with Gasteiger partial charge >= 0.3 is 0 Å². The SMILES string of the molecule is CC(NS(=O)(=O)c1ccccc1F)c1ccsc1. The molecule has 96 valence electrons. The summed E-state index contributed by atoms with van der Waals surface area (Å²) < 4.78 is 39.9. The van der Waals surface area contributed by atoms with Crippen molar-refractivity contribution in [3.63, 3.8) is 0 Å². The molecular formula is C12H12FNO2S2. The van der Waals surface area contributed by atoms with Crippen molar-refractivity contribution in [1.82, 2.24) is 4.72 Å². The first-order valence-corrected chi connectivity index (χ1v) is 7.72. The number of sulfonamides is 1. The molecule has 0 aliphatic heterocycles. The van der Waals surface area contributed by atoms with E-state index in [9.17, 15) is 12.8 Å². The van der Waals surface area contributed by atoms with Gasteiger partial charge in [0, 0.05) is 6.04 Å². The lowest BCUT2D eigenvalue weighted by molar-refractivity contribution is 0.547. The van der Waals surface area contributed by atoms with Crippen molar-refractivity contribution < 1.29 is 12.8 Å². The Morgan fingerprint density at radius 2 is 2.00 bits per heavy atom. The quantitative estimate of drug-likeness (QED) is 0.939. The van der Waals surface area contributed by atoms with Crippen molar-refractivity contribution in [2.75, 3.05) is 0 Å². The van der Waals surface area contributed by atoms with E-state index in [-0.39, 0.29) is 10.9 Å². The van der Waals surface area contributed by atoms with E-state index < -0.39 is 15.8 Å². The van der Waals surface area contributed by atoms with Gasteiger partial charge < -0.3 is 0 Å². The zero-order valence-electron chi connectivity index (χ0n) is 9.63. The van der Waals surface area contributed by atoms with Crippen LogP contribution in [0.1, 0.15) is 18.5 Å². The van der Waals surface area contributed by atoms with Crippen LogP contribution in [0.5, 0.6) is 0 Å². The number of benzene rings is 1. The first-order chi connectivity index (χ1) is 8.50. The van der Waals surface area contributed by atoms with Gasteiger partial charge in [0.05, 0.1) is 0 Å². The fourth-order valence-electron chi connectivity index (χ4n) is 1.55. The summed E-state index contributed by atoms with van der Waals surface area (Å²) in [5.41, 5.74) is 0.861. The lowest BCUT2D eigenvalue weighted by atomic mass is 10.2. The van der Waals surface area contributed by atoms with Gasteiger partial charge in [-0.1, -0.05) is 12.1 Å². The van der Waals surface area contributed by atoms with E-state index in [4.69, 9.17) is 0 Å². The standard InChI is InChI=1S/C12H12FNO2S2/c1-9(10-6-7-17-8-10)14-18(15,16)12-5-3-2-4-11(12)13/h2-9,14H,1H3. The van der Waals surface area contributed by atoms with Crippen molar-refractivity contribution in [2.45, 2.75) is 17.9 Å². The van der Waals surface area contributed by atoms with Crippen LogP contribution >= 0.6 is 11.3 Å². The van der Waals surface area contributed by atoms with Gasteiger partial charge in [0.25, 0.3) is 0 Å². The lowest BCUT2D eigenvalue weighted by Gasteiger charge is -2.13. The third kappa shape index (κ3) is 2.77. The van der Waals surface area contributed by atoms with Crippen molar-refractivity contribution in [2.24, 2.45) is 0 Å². The molecule has 1 aromatic heterocycles. The predicted octanol–water partition coefficient (Wildman–Crippen LogP) is 2.93. The van der Waals surface area contributed by atoms with E-state index in [0.29, 0.717) is 0 Å². The number of hydrogen-bond acceptors (Lipinski definition) is 3. The van der Waals surface area contributed by atoms with Gasteiger partial charge in [0.15, 0.2) is 0 Å². The Morgan fingerprint density at radius 1 is 1.28 bits per heavy atom. The number of nitrogens with one attached hydrogen (secondary N) is 1. The Bertz CT molecular complexity index is 623. The fraction of sp³-hybridized carbons (Fsp3) is 0.167. The molecule has 6 heteroatoms. The highest BCUT2D eigenvalue weighted by Crippen LogP contribution is 2.20. The molecule has 2 aromatic rings. The molecule has 0 saturated heterocycles. The summed E-state index contributed by atoms with van der Waals surface area (Å²) in [4.78, 5) is -0.327. The Labute approximate surface area is 109 Å². The van der Waals surface area contributed by atoms with E-state index in [1.807, 2.05) is 16.8 Å². The van der Waals surface area contributed by atoms with Crippen molar-refractivity contribution in [3.05, 3.63) is 52.5 Å². The largest absolute Gasteiger partial charge is 0.244 e. The van der Waals surface area contributed by atoms with Gasteiger partial charge in [-0.15, -0.1) is 0 Å². The van der Waals surface area contributed by atoms with Gasteiger partial charge in [0.2, 0.25) is 10.0 Å². The van der Waals surface area contributed by atoms with Crippen LogP contribution < -0.4 is 4.72 Å². The molecule has 0 fully saturated rings. The zero-order chi connectivity index (χ0) is 13.2. The molecule has 0 amide bonds. The lowest BCUT2D eigenvalue weighted by Crippen LogP contribution is -2.27. The molecule has 3 nitrogen and oxygen atoms in total. The number of halogens is 1. The van der Waals surface area contributed by atoms with Gasteiger partial charge in [-0.25, -0.2) is 17.5 Å². The van der Waals surface area contributed by atoms with Crippen LogP contribution in [0.2, 0.25) is 0 Å². The van der Waals surface area contributed by atoms with Gasteiger partial charge in [-0.05, 0) is 41.4 Å². The van der Waals surface area contributed by atoms with Crippen LogP contribution in [0.4, 0.5) is 4.39 Å². The van der Waals surface area contributed by atoms with Crippen molar-refractivity contribution >= 4 is 21.4 Å². The van der Waals surface area contributed by atoms with Crippen LogP contribution in [0.25, 0.3) is 0 Å². The van der Waals surface area contributed by atoms with Gasteiger partial charge in [-0.3, -0.25) is 0 Å². The second-order valence-electron chi connectivity index (χ2n) is 3.83. The van der Waals surface area contributed by atoms with E-state index in [1.165, 1.54) is 29.5 Å². The summed E-state index contributed by atoms with van der Waals surface area (Å²) in [5.74, 6) is -0.748. The summed E-state index contributed by atoms with van der Waals surface area (Å²) in [7, 11) is -3.84. The van der Waals surface area contributed by atoms with E-state index in [1.54, 1.807) is 6.92 Å². The monoisotopic (exact) mass is 285 g/mol. The molecule has 1 atom stereocenters. The van der Waals surface area contributed by atoms with Crippen LogP contribution in [-0.2, 0) is 10.0 Å². The van der Waals surface area contributed by atoms with Crippen LogP contribution in [0.3, 0.4) is 0 Å². The molecule has 0 spiro atoms. The molecular weight excluding hydrogens is 273 g/mol. The topological polar surface area (TPSA) is 46.2 Å². The number of thiophene rings is 1. The van der Waals surface area contributed by atoms with E-state index >= 15 is 0 Å². The molecule has 1 unspecified atom stereocenters. The molecule has 0 bridgehead atoms. The molecule has 0 aliphatic rings. The van der Waals surface area contributed by atoms with Crippen LogP contribution in [0, 0.1) is 5.82 Å². The summed E-state index contributed by atoms with van der Waals surface area (Å²) in [6.07, 6.45) is 0. The third-order valence-corrected chi connectivity index (χ3v) is 4.78. The number of hydrogen-bond donors (Lipinski definition) is 1. The minimum Gasteiger partial charge on any atom is -0.207 e. The molecule has 2 rings (SSSR count). The smallest absolute Gasteiger partial charge is 0.207 e. The Kier molecular flexibility index (Phi) is 3.79.